The molecular weight excluding hydrogens is 356 g/mol. The summed E-state index contributed by atoms with van der Waals surface area (Å²) in [5, 5.41) is 0. The van der Waals surface area contributed by atoms with Crippen LogP contribution >= 0.6 is 0 Å². The molecule has 8 heteroatoms. The van der Waals surface area contributed by atoms with Gasteiger partial charge in [-0.2, -0.15) is 0 Å². The maximum Gasteiger partial charge on any atom is 0.237 e. The van der Waals surface area contributed by atoms with Gasteiger partial charge in [-0.15, -0.1) is 0 Å². The van der Waals surface area contributed by atoms with Crippen molar-refractivity contribution in [3.8, 4) is 0 Å². The van der Waals surface area contributed by atoms with Crippen LogP contribution in [0.3, 0.4) is 0 Å². The molecule has 26 heavy (non-hydrogen) atoms. The molecule has 1 unspecified atom stereocenters. The number of carbonyl (C=O) groups excluding carboxylic acids is 1. The molecule has 2 aromatic heterocycles. The summed E-state index contributed by atoms with van der Waals surface area (Å²) in [5.41, 5.74) is 0. The van der Waals surface area contributed by atoms with Crippen molar-refractivity contribution in [1.82, 2.24) is 9.80 Å². The van der Waals surface area contributed by atoms with Crippen LogP contribution in [0.4, 0.5) is 0 Å². The van der Waals surface area contributed by atoms with Crippen LogP contribution in [-0.4, -0.2) is 54.8 Å². The van der Waals surface area contributed by atoms with Crippen LogP contribution in [0.25, 0.3) is 0 Å². The Labute approximate surface area is 153 Å². The number of hydrogen-bond acceptors (Lipinski definition) is 6. The number of rotatable bonds is 8. The highest BCUT2D eigenvalue weighted by Crippen LogP contribution is 2.19. The molecule has 3 rings (SSSR count). The van der Waals surface area contributed by atoms with E-state index in [0.29, 0.717) is 26.1 Å². The van der Waals surface area contributed by atoms with E-state index in [4.69, 9.17) is 8.83 Å². The SMILES string of the molecule is CCN(C(=O)CN(Cc1ccco1)Cc1ccco1)C1CCS(=O)(=O)C1. The molecule has 0 radical (unpaired) electrons. The van der Waals surface area contributed by atoms with E-state index in [1.807, 2.05) is 36.1 Å². The maximum atomic E-state index is 12.9. The molecule has 0 bridgehead atoms. The van der Waals surface area contributed by atoms with Gasteiger partial charge < -0.3 is 13.7 Å². The topological polar surface area (TPSA) is 84.0 Å². The van der Waals surface area contributed by atoms with E-state index < -0.39 is 9.84 Å². The lowest BCUT2D eigenvalue weighted by atomic mass is 10.2. The Morgan fingerprint density at radius 3 is 2.19 bits per heavy atom. The standard InChI is InChI=1S/C18H24N2O5S/c1-2-20(15-7-10-26(22,23)14-15)18(21)13-19(11-16-5-3-8-24-16)12-17-6-4-9-25-17/h3-6,8-9,15H,2,7,10-14H2,1H3. The van der Waals surface area contributed by atoms with Gasteiger partial charge >= 0.3 is 0 Å². The molecule has 0 N–H and O–H groups in total. The monoisotopic (exact) mass is 380 g/mol. The quantitative estimate of drug-likeness (QED) is 0.696. The first-order chi connectivity index (χ1) is 12.5. The van der Waals surface area contributed by atoms with Gasteiger partial charge in [0.2, 0.25) is 5.91 Å². The lowest BCUT2D eigenvalue weighted by Gasteiger charge is -2.29. The zero-order valence-electron chi connectivity index (χ0n) is 14.8. The number of furan rings is 2. The Bertz CT molecular complexity index is 763. The summed E-state index contributed by atoms with van der Waals surface area (Å²) < 4.78 is 34.3. The minimum absolute atomic E-state index is 0.0585. The summed E-state index contributed by atoms with van der Waals surface area (Å²) in [6.07, 6.45) is 3.71. The molecular formula is C18H24N2O5S. The molecule has 3 heterocycles. The number of carbonyl (C=O) groups is 1. The molecule has 0 aliphatic carbocycles. The van der Waals surface area contributed by atoms with Gasteiger partial charge in [0.25, 0.3) is 0 Å². The van der Waals surface area contributed by atoms with Crippen LogP contribution in [0.15, 0.2) is 45.6 Å². The molecule has 1 saturated heterocycles. The summed E-state index contributed by atoms with van der Waals surface area (Å²) >= 11 is 0. The van der Waals surface area contributed by atoms with Crippen molar-refractivity contribution in [2.45, 2.75) is 32.5 Å². The first-order valence-corrected chi connectivity index (χ1v) is 10.6. The summed E-state index contributed by atoms with van der Waals surface area (Å²) in [7, 11) is -3.03. The van der Waals surface area contributed by atoms with Crippen LogP contribution in [0, 0.1) is 0 Å². The van der Waals surface area contributed by atoms with E-state index in [1.165, 1.54) is 0 Å². The third kappa shape index (κ3) is 4.76. The largest absolute Gasteiger partial charge is 0.468 e. The highest BCUT2D eigenvalue weighted by atomic mass is 32.2. The second kappa shape index (κ2) is 8.09. The molecule has 0 spiro atoms. The molecule has 2 aromatic rings. The van der Waals surface area contributed by atoms with Crippen molar-refractivity contribution in [3.05, 3.63) is 48.3 Å². The summed E-state index contributed by atoms with van der Waals surface area (Å²) in [5.74, 6) is 1.66. The molecule has 1 aliphatic heterocycles. The van der Waals surface area contributed by atoms with Gasteiger partial charge in [0.05, 0.1) is 43.7 Å². The van der Waals surface area contributed by atoms with Crippen LogP contribution in [-0.2, 0) is 27.7 Å². The second-order valence-corrected chi connectivity index (χ2v) is 8.77. The fraction of sp³-hybridized carbons (Fsp3) is 0.500. The highest BCUT2D eigenvalue weighted by molar-refractivity contribution is 7.91. The fourth-order valence-corrected chi connectivity index (χ4v) is 5.09. The Balaban J connectivity index is 1.68. The lowest BCUT2D eigenvalue weighted by Crippen LogP contribution is -2.45. The number of likely N-dealkylation sites (N-methyl/N-ethyl adjacent to an activating group) is 1. The van der Waals surface area contributed by atoms with Crippen LogP contribution in [0.1, 0.15) is 24.9 Å². The smallest absolute Gasteiger partial charge is 0.237 e. The van der Waals surface area contributed by atoms with Crippen molar-refractivity contribution in [2.24, 2.45) is 0 Å². The third-order valence-corrected chi connectivity index (χ3v) is 6.34. The van der Waals surface area contributed by atoms with E-state index in [-0.39, 0.29) is 30.0 Å². The van der Waals surface area contributed by atoms with Crippen LogP contribution in [0.2, 0.25) is 0 Å². The van der Waals surface area contributed by atoms with E-state index in [1.54, 1.807) is 17.4 Å². The second-order valence-electron chi connectivity index (χ2n) is 6.54. The van der Waals surface area contributed by atoms with Gasteiger partial charge in [0.15, 0.2) is 9.84 Å². The first kappa shape index (κ1) is 18.7. The first-order valence-electron chi connectivity index (χ1n) is 8.74. The molecule has 1 amide bonds. The van der Waals surface area contributed by atoms with Gasteiger partial charge in [-0.05, 0) is 37.6 Å². The Kier molecular flexibility index (Phi) is 5.83. The van der Waals surface area contributed by atoms with Crippen LogP contribution in [0.5, 0.6) is 0 Å². The number of nitrogens with zero attached hydrogens (tertiary/aromatic N) is 2. The summed E-state index contributed by atoms with van der Waals surface area (Å²) in [4.78, 5) is 16.5. The maximum absolute atomic E-state index is 12.9. The van der Waals surface area contributed by atoms with Crippen molar-refractivity contribution < 1.29 is 22.0 Å². The minimum Gasteiger partial charge on any atom is -0.468 e. The Morgan fingerprint density at radius 1 is 1.15 bits per heavy atom. The zero-order valence-corrected chi connectivity index (χ0v) is 15.7. The molecule has 142 valence electrons. The Hall–Kier alpha value is -2.06. The van der Waals surface area contributed by atoms with E-state index in [2.05, 4.69) is 0 Å². The molecule has 0 aromatic carbocycles. The average molecular weight is 380 g/mol. The van der Waals surface area contributed by atoms with Gasteiger partial charge in [0.1, 0.15) is 11.5 Å². The minimum atomic E-state index is -3.03. The number of hydrogen-bond donors (Lipinski definition) is 0. The van der Waals surface area contributed by atoms with Crippen molar-refractivity contribution in [1.29, 1.82) is 0 Å². The number of sulfone groups is 1. The fourth-order valence-electron chi connectivity index (χ4n) is 3.36. The van der Waals surface area contributed by atoms with E-state index in [0.717, 1.165) is 11.5 Å². The number of amides is 1. The molecule has 0 saturated carbocycles. The van der Waals surface area contributed by atoms with E-state index in [9.17, 15) is 13.2 Å². The van der Waals surface area contributed by atoms with Gasteiger partial charge in [-0.3, -0.25) is 9.69 Å². The average Bonchev–Trinajstić information content (AvgIpc) is 3.31. The highest BCUT2D eigenvalue weighted by Gasteiger charge is 2.34. The molecule has 1 fully saturated rings. The van der Waals surface area contributed by atoms with Gasteiger partial charge in [-0.25, -0.2) is 8.42 Å². The zero-order chi connectivity index (χ0) is 18.6. The van der Waals surface area contributed by atoms with Crippen molar-refractivity contribution in [3.63, 3.8) is 0 Å². The predicted octanol–water partition coefficient (Wildman–Crippen LogP) is 1.91. The van der Waals surface area contributed by atoms with Crippen LogP contribution < -0.4 is 0 Å². The summed E-state index contributed by atoms with van der Waals surface area (Å²) in [6, 6.07) is 7.11. The third-order valence-electron chi connectivity index (χ3n) is 4.59. The molecule has 1 atom stereocenters. The normalized spacial score (nSPS) is 19.1. The van der Waals surface area contributed by atoms with Gasteiger partial charge in [-0.1, -0.05) is 0 Å². The molecule has 7 nitrogen and oxygen atoms in total. The molecule has 1 aliphatic rings. The van der Waals surface area contributed by atoms with Crippen molar-refractivity contribution >= 4 is 15.7 Å². The summed E-state index contributed by atoms with van der Waals surface area (Å²) in [6.45, 7) is 3.49. The Morgan fingerprint density at radius 2 is 1.77 bits per heavy atom. The van der Waals surface area contributed by atoms with Gasteiger partial charge in [0, 0.05) is 12.6 Å². The predicted molar refractivity (Wildman–Crippen MR) is 96.0 cm³/mol. The van der Waals surface area contributed by atoms with Crippen molar-refractivity contribution in [2.75, 3.05) is 24.6 Å². The lowest BCUT2D eigenvalue weighted by molar-refractivity contribution is -0.134. The van der Waals surface area contributed by atoms with E-state index >= 15 is 0 Å².